The van der Waals surface area contributed by atoms with Gasteiger partial charge >= 0.3 is 0 Å². The number of phenolic OH excluding ortho intramolecular Hbond substituents is 1. The van der Waals surface area contributed by atoms with E-state index >= 15 is 0 Å². The van der Waals surface area contributed by atoms with Gasteiger partial charge in [-0.15, -0.1) is 0 Å². The van der Waals surface area contributed by atoms with E-state index in [9.17, 15) is 9.90 Å². The van der Waals surface area contributed by atoms with Crippen LogP contribution in [-0.2, 0) is 0 Å². The Bertz CT molecular complexity index is 1780. The Morgan fingerprint density at radius 2 is 1.38 bits per heavy atom. The number of ether oxygens (including phenoxy) is 1. The third-order valence-electron chi connectivity index (χ3n) is 6.90. The first-order valence-corrected chi connectivity index (χ1v) is 12.6. The fourth-order valence-electron chi connectivity index (χ4n) is 5.15. The Morgan fingerprint density at radius 3 is 2.14 bits per heavy atom. The fourth-order valence-corrected chi connectivity index (χ4v) is 5.15. The zero-order chi connectivity index (χ0) is 25.4. The summed E-state index contributed by atoms with van der Waals surface area (Å²) in [6, 6.07) is 35.5. The van der Waals surface area contributed by atoms with Crippen LogP contribution in [-0.4, -0.2) is 17.5 Å². The molecule has 6 aromatic rings. The van der Waals surface area contributed by atoms with Gasteiger partial charge in [0.15, 0.2) is 5.78 Å². The van der Waals surface area contributed by atoms with E-state index in [2.05, 4.69) is 43.3 Å². The second kappa shape index (κ2) is 9.44. The zero-order valence-corrected chi connectivity index (χ0v) is 20.6. The summed E-state index contributed by atoms with van der Waals surface area (Å²) in [4.78, 5) is 13.9. The number of carbonyl (C=O) groups excluding carboxylic acids is 1. The lowest BCUT2D eigenvalue weighted by molar-refractivity contribution is 0.103. The maximum Gasteiger partial charge on any atom is 0.197 e. The average molecular weight is 483 g/mol. The summed E-state index contributed by atoms with van der Waals surface area (Å²) in [6.45, 7) is 2.79. The molecule has 0 radical (unpaired) electrons. The van der Waals surface area contributed by atoms with Gasteiger partial charge in [-0.1, -0.05) is 79.7 Å². The van der Waals surface area contributed by atoms with E-state index in [1.807, 2.05) is 48.5 Å². The van der Waals surface area contributed by atoms with Crippen LogP contribution in [0.2, 0.25) is 0 Å². The lowest BCUT2D eigenvalue weighted by Gasteiger charge is -2.17. The van der Waals surface area contributed by atoms with E-state index in [0.717, 1.165) is 55.6 Å². The van der Waals surface area contributed by atoms with Crippen molar-refractivity contribution in [1.82, 2.24) is 0 Å². The Balaban J connectivity index is 1.67. The molecule has 0 fully saturated rings. The van der Waals surface area contributed by atoms with Gasteiger partial charge in [-0.25, -0.2) is 0 Å². The molecular weight excluding hydrogens is 456 g/mol. The molecule has 6 rings (SSSR count). The minimum absolute atomic E-state index is 0.0138. The molecule has 1 N–H and O–H groups in total. The van der Waals surface area contributed by atoms with Gasteiger partial charge in [-0.05, 0) is 80.9 Å². The maximum atomic E-state index is 13.9. The Morgan fingerprint density at radius 1 is 0.703 bits per heavy atom. The Labute approximate surface area is 215 Å². The number of phenols is 1. The molecule has 0 heterocycles. The minimum Gasteiger partial charge on any atom is -0.507 e. The number of aromatic hydroxyl groups is 1. The SMILES string of the molecule is CCCOc1ccc(-c2cc3c4ccccc4cc(C(=O)c4ccccc4O)c3c3ccccc23)cc1. The molecule has 3 heteroatoms. The van der Waals surface area contributed by atoms with Crippen molar-refractivity contribution in [3.05, 3.63) is 120 Å². The second-order valence-electron chi connectivity index (χ2n) is 9.26. The van der Waals surface area contributed by atoms with Crippen LogP contribution < -0.4 is 4.74 Å². The fraction of sp³-hybridized carbons (Fsp3) is 0.0882. The lowest BCUT2D eigenvalue weighted by Crippen LogP contribution is -2.04. The number of benzene rings is 6. The minimum atomic E-state index is -0.191. The molecular formula is C34H26O3. The molecule has 37 heavy (non-hydrogen) atoms. The third kappa shape index (κ3) is 3.99. The van der Waals surface area contributed by atoms with Gasteiger partial charge in [-0.3, -0.25) is 4.79 Å². The van der Waals surface area contributed by atoms with E-state index < -0.39 is 0 Å². The monoisotopic (exact) mass is 482 g/mol. The molecule has 3 nitrogen and oxygen atoms in total. The second-order valence-corrected chi connectivity index (χ2v) is 9.26. The van der Waals surface area contributed by atoms with E-state index in [4.69, 9.17) is 4.74 Å². The first-order chi connectivity index (χ1) is 18.2. The number of ketones is 1. The molecule has 0 saturated heterocycles. The summed E-state index contributed by atoms with van der Waals surface area (Å²) in [7, 11) is 0. The van der Waals surface area contributed by atoms with E-state index in [0.29, 0.717) is 17.7 Å². The average Bonchev–Trinajstić information content (AvgIpc) is 2.95. The van der Waals surface area contributed by atoms with Crippen LogP contribution in [0.5, 0.6) is 11.5 Å². The summed E-state index contributed by atoms with van der Waals surface area (Å²) in [5.74, 6) is 0.654. The van der Waals surface area contributed by atoms with Crippen molar-refractivity contribution in [3.8, 4) is 22.6 Å². The molecule has 0 aliphatic carbocycles. The van der Waals surface area contributed by atoms with Crippen molar-refractivity contribution in [2.75, 3.05) is 6.61 Å². The molecule has 0 aromatic heterocycles. The molecule has 180 valence electrons. The molecule has 0 amide bonds. The van der Waals surface area contributed by atoms with Crippen LogP contribution in [0.15, 0.2) is 109 Å². The van der Waals surface area contributed by atoms with Gasteiger partial charge in [-0.2, -0.15) is 0 Å². The lowest BCUT2D eigenvalue weighted by atomic mass is 9.86. The predicted molar refractivity (Wildman–Crippen MR) is 152 cm³/mol. The number of fused-ring (bicyclic) bond motifs is 5. The highest BCUT2D eigenvalue weighted by Gasteiger charge is 2.21. The predicted octanol–water partition coefficient (Wildman–Crippen LogP) is 8.54. The Kier molecular flexibility index (Phi) is 5.82. The van der Waals surface area contributed by atoms with E-state index in [-0.39, 0.29) is 11.5 Å². The molecule has 0 spiro atoms. The topological polar surface area (TPSA) is 46.5 Å². The first-order valence-electron chi connectivity index (χ1n) is 12.6. The molecule has 0 bridgehead atoms. The van der Waals surface area contributed by atoms with Crippen LogP contribution in [0, 0.1) is 0 Å². The summed E-state index contributed by atoms with van der Waals surface area (Å²) < 4.78 is 5.80. The smallest absolute Gasteiger partial charge is 0.197 e. The maximum absolute atomic E-state index is 13.9. The number of carbonyl (C=O) groups is 1. The number of hydrogen-bond donors (Lipinski definition) is 1. The first kappa shape index (κ1) is 22.8. The summed E-state index contributed by atoms with van der Waals surface area (Å²) in [6.07, 6.45) is 0.964. The molecule has 0 unspecified atom stereocenters. The van der Waals surface area contributed by atoms with Crippen molar-refractivity contribution in [2.45, 2.75) is 13.3 Å². The van der Waals surface area contributed by atoms with Crippen LogP contribution in [0.1, 0.15) is 29.3 Å². The summed E-state index contributed by atoms with van der Waals surface area (Å²) in [5.41, 5.74) is 3.07. The van der Waals surface area contributed by atoms with Gasteiger partial charge in [0, 0.05) is 10.9 Å². The molecule has 0 saturated carbocycles. The van der Waals surface area contributed by atoms with Gasteiger partial charge in [0.25, 0.3) is 0 Å². The number of hydrogen-bond acceptors (Lipinski definition) is 3. The highest BCUT2D eigenvalue weighted by atomic mass is 16.5. The number of para-hydroxylation sites is 1. The largest absolute Gasteiger partial charge is 0.507 e. The van der Waals surface area contributed by atoms with Gasteiger partial charge in [0.05, 0.1) is 12.2 Å². The quantitative estimate of drug-likeness (QED) is 0.191. The van der Waals surface area contributed by atoms with E-state index in [1.165, 1.54) is 0 Å². The van der Waals surface area contributed by atoms with Crippen molar-refractivity contribution < 1.29 is 14.6 Å². The van der Waals surface area contributed by atoms with Crippen molar-refractivity contribution in [3.63, 3.8) is 0 Å². The van der Waals surface area contributed by atoms with Gasteiger partial charge in [0.2, 0.25) is 0 Å². The van der Waals surface area contributed by atoms with Crippen molar-refractivity contribution in [1.29, 1.82) is 0 Å². The normalized spacial score (nSPS) is 11.3. The highest BCUT2D eigenvalue weighted by Crippen LogP contribution is 2.41. The number of rotatable bonds is 6. The highest BCUT2D eigenvalue weighted by molar-refractivity contribution is 6.30. The Hall–Kier alpha value is -4.63. The molecule has 0 aliphatic rings. The van der Waals surface area contributed by atoms with Crippen LogP contribution in [0.4, 0.5) is 0 Å². The van der Waals surface area contributed by atoms with Crippen LogP contribution in [0.3, 0.4) is 0 Å². The standard InChI is InChI=1S/C34H26O3/c1-2-19-37-24-17-15-22(16-18-24)29-21-30-25-10-4-3-9-23(25)20-31(33(30)27-12-6-5-11-26(27)29)34(36)28-13-7-8-14-32(28)35/h3-18,20-21,35H,2,19H2,1H3. The van der Waals surface area contributed by atoms with Crippen LogP contribution >= 0.6 is 0 Å². The van der Waals surface area contributed by atoms with Crippen LogP contribution in [0.25, 0.3) is 43.4 Å². The third-order valence-corrected chi connectivity index (χ3v) is 6.90. The van der Waals surface area contributed by atoms with Crippen molar-refractivity contribution >= 4 is 38.1 Å². The summed E-state index contributed by atoms with van der Waals surface area (Å²) >= 11 is 0. The zero-order valence-electron chi connectivity index (χ0n) is 20.6. The molecule has 0 aliphatic heterocycles. The van der Waals surface area contributed by atoms with Crippen molar-refractivity contribution in [2.24, 2.45) is 0 Å². The summed E-state index contributed by atoms with van der Waals surface area (Å²) in [5, 5.41) is 16.5. The van der Waals surface area contributed by atoms with E-state index in [1.54, 1.807) is 24.3 Å². The molecule has 6 aromatic carbocycles. The van der Waals surface area contributed by atoms with Gasteiger partial charge < -0.3 is 9.84 Å². The molecule has 0 atom stereocenters. The van der Waals surface area contributed by atoms with Gasteiger partial charge in [0.1, 0.15) is 11.5 Å².